The summed E-state index contributed by atoms with van der Waals surface area (Å²) in [5.74, 6) is -0.0668. The number of carbonyl (C=O) groups excluding carboxylic acids is 2. The van der Waals surface area contributed by atoms with E-state index >= 15 is 0 Å². The molecule has 0 aliphatic heterocycles. The molecule has 0 saturated carbocycles. The maximum Gasteiger partial charge on any atom is 0.259 e. The van der Waals surface area contributed by atoms with Gasteiger partial charge in [-0.1, -0.05) is 41.9 Å². The van der Waals surface area contributed by atoms with Crippen molar-refractivity contribution < 1.29 is 19.1 Å². The van der Waals surface area contributed by atoms with Crippen LogP contribution >= 0.6 is 11.6 Å². The smallest absolute Gasteiger partial charge is 0.259 e. The highest BCUT2D eigenvalue weighted by Crippen LogP contribution is 2.37. The Labute approximate surface area is 174 Å². The summed E-state index contributed by atoms with van der Waals surface area (Å²) in [6.07, 6.45) is 1.44. The third kappa shape index (κ3) is 5.84. The van der Waals surface area contributed by atoms with Crippen molar-refractivity contribution in [3.05, 3.63) is 64.2 Å². The Balaban J connectivity index is 2.38. The molecule has 0 fully saturated rings. The van der Waals surface area contributed by atoms with Crippen molar-refractivity contribution in [2.24, 2.45) is 0 Å². The second-order valence-corrected chi connectivity index (χ2v) is 6.61. The third-order valence-corrected chi connectivity index (χ3v) is 4.16. The summed E-state index contributed by atoms with van der Waals surface area (Å²) >= 11 is 6.33. The van der Waals surface area contributed by atoms with Gasteiger partial charge in [0, 0.05) is 19.7 Å². The third-order valence-electron chi connectivity index (χ3n) is 3.88. The van der Waals surface area contributed by atoms with Gasteiger partial charge in [0.05, 0.1) is 11.6 Å². The Morgan fingerprint density at radius 2 is 1.86 bits per heavy atom. The van der Waals surface area contributed by atoms with Crippen molar-refractivity contribution in [1.82, 2.24) is 4.90 Å². The molecule has 6 nitrogen and oxygen atoms in total. The fourth-order valence-electron chi connectivity index (χ4n) is 2.40. The minimum absolute atomic E-state index is 0.0360. The Morgan fingerprint density at radius 1 is 1.17 bits per heavy atom. The van der Waals surface area contributed by atoms with Crippen LogP contribution in [0.5, 0.6) is 11.5 Å². The lowest BCUT2D eigenvalue weighted by Gasteiger charge is -2.16. The van der Waals surface area contributed by atoms with E-state index in [1.807, 2.05) is 6.07 Å². The lowest BCUT2D eigenvalue weighted by Crippen LogP contribution is -2.27. The summed E-state index contributed by atoms with van der Waals surface area (Å²) in [5, 5.41) is 9.65. The van der Waals surface area contributed by atoms with Crippen molar-refractivity contribution in [3.63, 3.8) is 0 Å². The lowest BCUT2D eigenvalue weighted by atomic mass is 10.0. The Hall–Kier alpha value is -3.30. The fraction of sp³-hybridized carbons (Fsp3) is 0.227. The van der Waals surface area contributed by atoms with Gasteiger partial charge in [0.1, 0.15) is 11.6 Å². The van der Waals surface area contributed by atoms with Crippen LogP contribution < -0.4 is 9.47 Å². The maximum atomic E-state index is 12.6. The summed E-state index contributed by atoms with van der Waals surface area (Å²) in [4.78, 5) is 25.8. The minimum Gasteiger partial charge on any atom is -0.490 e. The summed E-state index contributed by atoms with van der Waals surface area (Å²) < 4.78 is 11.1. The average Bonchev–Trinajstić information content (AvgIpc) is 2.71. The van der Waals surface area contributed by atoms with Gasteiger partial charge in [-0.05, 0) is 30.7 Å². The first kappa shape index (κ1) is 22.0. The van der Waals surface area contributed by atoms with Gasteiger partial charge in [-0.15, -0.1) is 0 Å². The van der Waals surface area contributed by atoms with Gasteiger partial charge in [-0.25, -0.2) is 0 Å². The molecule has 0 bridgehead atoms. The molecule has 2 rings (SSSR count). The number of carbonyl (C=O) groups is 2. The Bertz CT molecular complexity index is 963. The highest BCUT2D eigenvalue weighted by Gasteiger charge is 2.16. The lowest BCUT2D eigenvalue weighted by molar-refractivity contribution is -0.130. The molecule has 0 radical (unpaired) electrons. The molecule has 2 aromatic rings. The Kier molecular flexibility index (Phi) is 7.81. The number of ketones is 1. The van der Waals surface area contributed by atoms with E-state index in [2.05, 4.69) is 0 Å². The van der Waals surface area contributed by atoms with E-state index in [-0.39, 0.29) is 34.6 Å². The van der Waals surface area contributed by atoms with Crippen LogP contribution in [0.1, 0.15) is 22.8 Å². The molecule has 0 aliphatic carbocycles. The van der Waals surface area contributed by atoms with Crippen molar-refractivity contribution in [2.75, 3.05) is 27.3 Å². The SMILES string of the molecule is CCOc1cc(/C=C(\C#N)C(=O)c2ccccc2)cc(Cl)c1OCC(=O)N(C)C. The van der Waals surface area contributed by atoms with E-state index in [1.54, 1.807) is 63.5 Å². The van der Waals surface area contributed by atoms with Crippen LogP contribution in [0.2, 0.25) is 5.02 Å². The number of nitriles is 1. The van der Waals surface area contributed by atoms with Crippen LogP contribution in [0.4, 0.5) is 0 Å². The second-order valence-electron chi connectivity index (χ2n) is 6.20. The molecule has 2 aromatic carbocycles. The number of nitrogens with zero attached hydrogens (tertiary/aromatic N) is 2. The number of hydrogen-bond donors (Lipinski definition) is 0. The zero-order valence-electron chi connectivity index (χ0n) is 16.4. The molecule has 0 spiro atoms. The average molecular weight is 413 g/mol. The number of halogens is 1. The molecule has 1 amide bonds. The van der Waals surface area contributed by atoms with E-state index in [0.717, 1.165) is 0 Å². The standard InChI is InChI=1S/C22H21ClN2O4/c1-4-28-19-12-15(11-18(23)22(19)29-14-20(26)25(2)3)10-17(13-24)21(27)16-8-6-5-7-9-16/h5-12H,4,14H2,1-3H3/b17-10+. The van der Waals surface area contributed by atoms with Crippen LogP contribution in [0.3, 0.4) is 0 Å². The summed E-state index contributed by atoms with van der Waals surface area (Å²) in [6, 6.07) is 13.6. The molecular formula is C22H21ClN2O4. The number of rotatable bonds is 8. The van der Waals surface area contributed by atoms with E-state index < -0.39 is 0 Å². The fourth-order valence-corrected chi connectivity index (χ4v) is 2.67. The maximum absolute atomic E-state index is 12.6. The molecule has 0 aliphatic rings. The number of ether oxygens (including phenoxy) is 2. The van der Waals surface area contributed by atoms with Gasteiger partial charge in [-0.2, -0.15) is 5.26 Å². The number of hydrogen-bond acceptors (Lipinski definition) is 5. The molecule has 0 saturated heterocycles. The van der Waals surface area contributed by atoms with Crippen molar-refractivity contribution in [2.45, 2.75) is 6.92 Å². The van der Waals surface area contributed by atoms with Gasteiger partial charge in [0.25, 0.3) is 5.91 Å². The molecule has 0 unspecified atom stereocenters. The number of allylic oxidation sites excluding steroid dienone is 1. The number of Topliss-reactive ketones (excluding diaryl/α,β-unsaturated/α-hetero) is 1. The molecule has 7 heteroatoms. The highest BCUT2D eigenvalue weighted by molar-refractivity contribution is 6.32. The molecule has 29 heavy (non-hydrogen) atoms. The van der Waals surface area contributed by atoms with Gasteiger partial charge < -0.3 is 14.4 Å². The number of likely N-dealkylation sites (N-methyl/N-ethyl adjacent to an activating group) is 1. The van der Waals surface area contributed by atoms with Crippen molar-refractivity contribution in [1.29, 1.82) is 5.26 Å². The van der Waals surface area contributed by atoms with E-state index in [1.165, 1.54) is 11.0 Å². The largest absolute Gasteiger partial charge is 0.490 e. The van der Waals surface area contributed by atoms with Gasteiger partial charge >= 0.3 is 0 Å². The zero-order chi connectivity index (χ0) is 21.4. The Morgan fingerprint density at radius 3 is 2.45 bits per heavy atom. The van der Waals surface area contributed by atoms with Crippen LogP contribution in [-0.4, -0.2) is 43.9 Å². The zero-order valence-corrected chi connectivity index (χ0v) is 17.2. The van der Waals surface area contributed by atoms with Gasteiger partial charge in [0.15, 0.2) is 18.1 Å². The van der Waals surface area contributed by atoms with Crippen molar-refractivity contribution >= 4 is 29.4 Å². The molecule has 0 heterocycles. The molecule has 0 N–H and O–H groups in total. The quantitative estimate of drug-likeness (QED) is 0.372. The van der Waals surface area contributed by atoms with Crippen LogP contribution in [-0.2, 0) is 4.79 Å². The highest BCUT2D eigenvalue weighted by atomic mass is 35.5. The van der Waals surface area contributed by atoms with Crippen LogP contribution in [0.15, 0.2) is 48.0 Å². The molecule has 150 valence electrons. The van der Waals surface area contributed by atoms with E-state index in [0.29, 0.717) is 23.5 Å². The van der Waals surface area contributed by atoms with E-state index in [4.69, 9.17) is 21.1 Å². The number of benzene rings is 2. The predicted molar refractivity (Wildman–Crippen MR) is 111 cm³/mol. The van der Waals surface area contributed by atoms with Crippen molar-refractivity contribution in [3.8, 4) is 17.6 Å². The van der Waals surface area contributed by atoms with Gasteiger partial charge in [0.2, 0.25) is 5.78 Å². The summed E-state index contributed by atoms with van der Waals surface area (Å²) in [6.45, 7) is 1.94. The second kappa shape index (κ2) is 10.3. The first-order chi connectivity index (χ1) is 13.9. The monoisotopic (exact) mass is 412 g/mol. The molecular weight excluding hydrogens is 392 g/mol. The molecule has 0 aromatic heterocycles. The summed E-state index contributed by atoms with van der Waals surface area (Å²) in [5.41, 5.74) is 0.885. The first-order valence-electron chi connectivity index (χ1n) is 8.88. The minimum atomic E-state index is -0.390. The number of amides is 1. The predicted octanol–water partition coefficient (Wildman–Crippen LogP) is 4.00. The van der Waals surface area contributed by atoms with Crippen LogP contribution in [0, 0.1) is 11.3 Å². The van der Waals surface area contributed by atoms with E-state index in [9.17, 15) is 14.9 Å². The first-order valence-corrected chi connectivity index (χ1v) is 9.26. The van der Waals surface area contributed by atoms with Gasteiger partial charge in [-0.3, -0.25) is 9.59 Å². The normalized spacial score (nSPS) is 10.8. The van der Waals surface area contributed by atoms with Crippen LogP contribution in [0.25, 0.3) is 6.08 Å². The summed E-state index contributed by atoms with van der Waals surface area (Å²) in [7, 11) is 3.25. The molecule has 0 atom stereocenters. The topological polar surface area (TPSA) is 79.6 Å².